The van der Waals surface area contributed by atoms with Crippen molar-refractivity contribution >= 4 is 17.5 Å². The van der Waals surface area contributed by atoms with Gasteiger partial charge in [0, 0.05) is 29.7 Å². The van der Waals surface area contributed by atoms with Crippen molar-refractivity contribution in [3.8, 4) is 17.0 Å². The third-order valence-corrected chi connectivity index (χ3v) is 5.00. The van der Waals surface area contributed by atoms with Gasteiger partial charge < -0.3 is 10.1 Å². The van der Waals surface area contributed by atoms with E-state index in [-0.39, 0.29) is 18.1 Å². The molecule has 1 amide bonds. The summed E-state index contributed by atoms with van der Waals surface area (Å²) in [7, 11) is 0. The van der Waals surface area contributed by atoms with E-state index in [2.05, 4.69) is 10.3 Å². The maximum Gasteiger partial charge on any atom is 0.258 e. The maximum absolute atomic E-state index is 12.3. The molecule has 29 heavy (non-hydrogen) atoms. The molecule has 3 aromatic rings. The van der Waals surface area contributed by atoms with Crippen molar-refractivity contribution < 1.29 is 9.53 Å². The molecule has 6 nitrogen and oxygen atoms in total. The number of carbonyl (C=O) groups is 1. The van der Waals surface area contributed by atoms with Crippen LogP contribution in [0.25, 0.3) is 11.3 Å². The number of nitrogens with zero attached hydrogens (tertiary/aromatic N) is 2. The van der Waals surface area contributed by atoms with Crippen LogP contribution in [0.15, 0.2) is 59.7 Å². The van der Waals surface area contributed by atoms with Crippen LogP contribution in [0.4, 0.5) is 0 Å². The Balaban J connectivity index is 1.50. The number of hydrogen-bond acceptors (Lipinski definition) is 4. The number of aromatic nitrogens is 2. The summed E-state index contributed by atoms with van der Waals surface area (Å²) in [5.74, 6) is 0.327. The minimum atomic E-state index is -0.267. The average molecular weight is 412 g/mol. The Hall–Kier alpha value is -3.12. The highest BCUT2D eigenvalue weighted by Gasteiger charge is 2.07. The molecule has 150 valence electrons. The monoisotopic (exact) mass is 411 g/mol. The molecule has 0 atom stereocenters. The predicted molar refractivity (Wildman–Crippen MR) is 113 cm³/mol. The van der Waals surface area contributed by atoms with E-state index in [0.717, 1.165) is 16.7 Å². The van der Waals surface area contributed by atoms with Gasteiger partial charge in [-0.3, -0.25) is 14.2 Å². The molecule has 1 aromatic heterocycles. The minimum Gasteiger partial charge on any atom is -0.484 e. The molecule has 0 spiro atoms. The van der Waals surface area contributed by atoms with Gasteiger partial charge in [0.05, 0.1) is 12.0 Å². The highest BCUT2D eigenvalue weighted by atomic mass is 35.5. The highest BCUT2D eigenvalue weighted by Crippen LogP contribution is 2.25. The summed E-state index contributed by atoms with van der Waals surface area (Å²) < 4.78 is 6.98. The first-order valence-corrected chi connectivity index (χ1v) is 9.60. The molecule has 0 bridgehead atoms. The molecule has 3 rings (SSSR count). The molecule has 0 fully saturated rings. The zero-order valence-electron chi connectivity index (χ0n) is 16.3. The largest absolute Gasteiger partial charge is 0.484 e. The van der Waals surface area contributed by atoms with Crippen molar-refractivity contribution in [3.63, 3.8) is 0 Å². The zero-order chi connectivity index (χ0) is 20.8. The number of amides is 1. The Kier molecular flexibility index (Phi) is 6.67. The first kappa shape index (κ1) is 20.6. The fourth-order valence-corrected chi connectivity index (χ4v) is 2.97. The van der Waals surface area contributed by atoms with Crippen molar-refractivity contribution in [1.82, 2.24) is 14.9 Å². The molecule has 0 aliphatic heterocycles. The Bertz CT molecular complexity index is 1040. The molecule has 2 aromatic carbocycles. The van der Waals surface area contributed by atoms with E-state index in [4.69, 9.17) is 16.3 Å². The van der Waals surface area contributed by atoms with E-state index < -0.39 is 0 Å². The second-order valence-corrected chi connectivity index (χ2v) is 7.06. The van der Waals surface area contributed by atoms with Crippen LogP contribution in [-0.4, -0.2) is 28.6 Å². The number of carbonyl (C=O) groups excluding carboxylic acids is 1. The summed E-state index contributed by atoms with van der Waals surface area (Å²) in [5, 5.41) is 3.43. The van der Waals surface area contributed by atoms with E-state index in [9.17, 15) is 9.59 Å². The lowest BCUT2D eigenvalue weighted by Crippen LogP contribution is -2.33. The third-order valence-electron chi connectivity index (χ3n) is 4.40. The predicted octanol–water partition coefficient (Wildman–Crippen LogP) is 3.38. The van der Waals surface area contributed by atoms with Crippen LogP contribution in [0.1, 0.15) is 11.1 Å². The molecule has 0 aliphatic rings. The van der Waals surface area contributed by atoms with Gasteiger partial charge in [-0.25, -0.2) is 4.98 Å². The number of ether oxygens (including phenoxy) is 1. The van der Waals surface area contributed by atoms with Crippen LogP contribution in [-0.2, 0) is 11.3 Å². The fourth-order valence-electron chi connectivity index (χ4n) is 2.87. The van der Waals surface area contributed by atoms with Gasteiger partial charge >= 0.3 is 0 Å². The van der Waals surface area contributed by atoms with Gasteiger partial charge in [0.2, 0.25) is 0 Å². The second-order valence-electron chi connectivity index (χ2n) is 6.68. The van der Waals surface area contributed by atoms with Crippen molar-refractivity contribution in [1.29, 1.82) is 0 Å². The van der Waals surface area contributed by atoms with E-state index in [1.54, 1.807) is 12.1 Å². The van der Waals surface area contributed by atoms with Crippen molar-refractivity contribution in [2.75, 3.05) is 13.2 Å². The van der Waals surface area contributed by atoms with Crippen molar-refractivity contribution in [2.24, 2.45) is 0 Å². The summed E-state index contributed by atoms with van der Waals surface area (Å²) >= 11 is 6.13. The summed E-state index contributed by atoms with van der Waals surface area (Å²) in [6.45, 7) is 4.29. The number of benzene rings is 2. The van der Waals surface area contributed by atoms with Gasteiger partial charge in [0.1, 0.15) is 5.75 Å². The molecule has 7 heteroatoms. The lowest BCUT2D eigenvalue weighted by Gasteiger charge is -2.11. The number of rotatable bonds is 7. The normalized spacial score (nSPS) is 10.6. The number of aryl methyl sites for hydroxylation is 2. The molecule has 0 saturated carbocycles. The summed E-state index contributed by atoms with van der Waals surface area (Å²) in [6, 6.07) is 14.6. The number of nitrogens with one attached hydrogen (secondary N) is 1. The Morgan fingerprint density at radius 2 is 1.83 bits per heavy atom. The van der Waals surface area contributed by atoms with Crippen LogP contribution in [0, 0.1) is 13.8 Å². The maximum atomic E-state index is 12.3. The number of halogens is 1. The van der Waals surface area contributed by atoms with Gasteiger partial charge in [-0.15, -0.1) is 0 Å². The molecular formula is C22H22ClN3O3. The average Bonchev–Trinajstić information content (AvgIpc) is 2.72. The van der Waals surface area contributed by atoms with Crippen LogP contribution in [0.3, 0.4) is 0 Å². The van der Waals surface area contributed by atoms with E-state index in [0.29, 0.717) is 29.6 Å². The zero-order valence-corrected chi connectivity index (χ0v) is 17.1. The van der Waals surface area contributed by atoms with Gasteiger partial charge in [0.15, 0.2) is 6.61 Å². The van der Waals surface area contributed by atoms with Crippen LogP contribution >= 0.6 is 11.6 Å². The molecule has 0 unspecified atom stereocenters. The molecular weight excluding hydrogens is 390 g/mol. The Labute approximate surface area is 174 Å². The smallest absolute Gasteiger partial charge is 0.258 e. The molecule has 0 saturated heterocycles. The first-order chi connectivity index (χ1) is 13.9. The lowest BCUT2D eigenvalue weighted by molar-refractivity contribution is -0.123. The first-order valence-electron chi connectivity index (χ1n) is 9.22. The van der Waals surface area contributed by atoms with Crippen molar-refractivity contribution in [2.45, 2.75) is 20.4 Å². The fraction of sp³-hybridized carbons (Fsp3) is 0.227. The van der Waals surface area contributed by atoms with E-state index in [1.807, 2.05) is 44.2 Å². The number of hydrogen-bond donors (Lipinski definition) is 1. The highest BCUT2D eigenvalue weighted by molar-refractivity contribution is 6.32. The van der Waals surface area contributed by atoms with Gasteiger partial charge in [-0.2, -0.15) is 0 Å². The molecule has 0 aliphatic carbocycles. The van der Waals surface area contributed by atoms with E-state index >= 15 is 0 Å². The van der Waals surface area contributed by atoms with E-state index in [1.165, 1.54) is 17.0 Å². The van der Waals surface area contributed by atoms with Crippen LogP contribution < -0.4 is 15.6 Å². The Morgan fingerprint density at radius 3 is 2.48 bits per heavy atom. The molecule has 0 radical (unpaired) electrons. The minimum absolute atomic E-state index is 0.111. The van der Waals surface area contributed by atoms with Gasteiger partial charge in [-0.1, -0.05) is 41.9 Å². The van der Waals surface area contributed by atoms with Crippen LogP contribution in [0.2, 0.25) is 5.02 Å². The molecule has 1 heterocycles. The quantitative estimate of drug-likeness (QED) is 0.646. The van der Waals surface area contributed by atoms with Crippen molar-refractivity contribution in [3.05, 3.63) is 81.4 Å². The van der Waals surface area contributed by atoms with Gasteiger partial charge in [-0.05, 0) is 37.1 Å². The third kappa shape index (κ3) is 5.45. The van der Waals surface area contributed by atoms with Crippen LogP contribution in [0.5, 0.6) is 5.75 Å². The lowest BCUT2D eigenvalue weighted by atomic mass is 10.1. The SMILES string of the molecule is Cc1cc(OCC(=O)NCCn2cnc(-c3ccccc3)cc2=O)cc(C)c1Cl. The summed E-state index contributed by atoms with van der Waals surface area (Å²) in [4.78, 5) is 28.6. The Morgan fingerprint density at radius 1 is 1.14 bits per heavy atom. The van der Waals surface area contributed by atoms with Gasteiger partial charge in [0.25, 0.3) is 11.5 Å². The summed E-state index contributed by atoms with van der Waals surface area (Å²) in [6.07, 6.45) is 1.49. The molecule has 1 N–H and O–H groups in total. The standard InChI is InChI=1S/C22H22ClN3O3/c1-15-10-18(11-16(2)22(15)23)29-13-20(27)24-8-9-26-14-25-19(12-21(26)28)17-6-4-3-5-7-17/h3-7,10-12,14H,8-9,13H2,1-2H3,(H,24,27). The summed E-state index contributed by atoms with van der Waals surface area (Å²) in [5.41, 5.74) is 3.13. The second kappa shape index (κ2) is 9.39. The topological polar surface area (TPSA) is 73.2 Å².